The first kappa shape index (κ1) is 17.5. The zero-order chi connectivity index (χ0) is 16.7. The average Bonchev–Trinajstić information content (AvgIpc) is 2.61. The fraction of sp³-hybridized carbons (Fsp3) is 0.556. The summed E-state index contributed by atoms with van der Waals surface area (Å²) in [6.45, 7) is 3.66. The number of likely N-dealkylation sites (tertiary alicyclic amines) is 1. The van der Waals surface area contributed by atoms with Crippen molar-refractivity contribution in [1.29, 1.82) is 0 Å². The molecule has 1 saturated heterocycles. The van der Waals surface area contributed by atoms with Crippen molar-refractivity contribution < 1.29 is 14.7 Å². The molecule has 126 valence electrons. The molecular formula is C18H26N2O3. The predicted octanol–water partition coefficient (Wildman–Crippen LogP) is 1.82. The molecule has 1 heterocycles. The number of piperidine rings is 1. The molecule has 0 spiro atoms. The highest BCUT2D eigenvalue weighted by Gasteiger charge is 2.27. The maximum atomic E-state index is 12.4. The zero-order valence-electron chi connectivity index (χ0n) is 13.7. The minimum Gasteiger partial charge on any atom is -0.393 e. The lowest BCUT2D eigenvalue weighted by Crippen LogP contribution is -2.43. The summed E-state index contributed by atoms with van der Waals surface area (Å²) in [5.41, 5.74) is 0.698. The van der Waals surface area contributed by atoms with Crippen molar-refractivity contribution in [2.75, 3.05) is 19.6 Å². The lowest BCUT2D eigenvalue weighted by Gasteiger charge is -2.31. The Balaban J connectivity index is 1.75. The van der Waals surface area contributed by atoms with Gasteiger partial charge in [-0.25, -0.2) is 0 Å². The largest absolute Gasteiger partial charge is 0.393 e. The quantitative estimate of drug-likeness (QED) is 0.840. The van der Waals surface area contributed by atoms with Crippen LogP contribution >= 0.6 is 0 Å². The molecule has 1 atom stereocenters. The molecule has 1 aliphatic rings. The van der Waals surface area contributed by atoms with E-state index < -0.39 is 0 Å². The second-order valence-corrected chi connectivity index (χ2v) is 6.07. The summed E-state index contributed by atoms with van der Waals surface area (Å²) in [5.74, 6) is 0.0456. The first-order chi connectivity index (χ1) is 11.1. The first-order valence-corrected chi connectivity index (χ1v) is 8.42. The minimum atomic E-state index is -0.347. The van der Waals surface area contributed by atoms with Crippen molar-refractivity contribution in [3.8, 4) is 0 Å². The fourth-order valence-electron chi connectivity index (χ4n) is 2.82. The van der Waals surface area contributed by atoms with Crippen LogP contribution in [-0.2, 0) is 4.79 Å². The Morgan fingerprint density at radius 1 is 1.26 bits per heavy atom. The van der Waals surface area contributed by atoms with Crippen LogP contribution in [0.1, 0.15) is 43.0 Å². The van der Waals surface area contributed by atoms with Gasteiger partial charge in [-0.1, -0.05) is 25.1 Å². The van der Waals surface area contributed by atoms with E-state index in [2.05, 4.69) is 5.32 Å². The molecule has 2 amide bonds. The summed E-state index contributed by atoms with van der Waals surface area (Å²) in [6.07, 6.45) is 2.34. The summed E-state index contributed by atoms with van der Waals surface area (Å²) < 4.78 is 0. The SMILES string of the molecule is CCC(O)CCNC(=O)C1CCN(C(=O)c2ccccc2)CC1. The Morgan fingerprint density at radius 3 is 2.52 bits per heavy atom. The maximum absolute atomic E-state index is 12.4. The summed E-state index contributed by atoms with van der Waals surface area (Å²) in [5, 5.41) is 12.4. The molecule has 5 nitrogen and oxygen atoms in total. The van der Waals surface area contributed by atoms with Gasteiger partial charge in [0.1, 0.15) is 0 Å². The van der Waals surface area contributed by atoms with Gasteiger partial charge < -0.3 is 15.3 Å². The van der Waals surface area contributed by atoms with Gasteiger partial charge in [-0.2, -0.15) is 0 Å². The molecule has 0 bridgehead atoms. The van der Waals surface area contributed by atoms with E-state index in [1.165, 1.54) is 0 Å². The van der Waals surface area contributed by atoms with Gasteiger partial charge in [-0.05, 0) is 37.8 Å². The van der Waals surface area contributed by atoms with Crippen LogP contribution in [0.3, 0.4) is 0 Å². The van der Waals surface area contributed by atoms with Gasteiger partial charge in [0.25, 0.3) is 5.91 Å². The molecule has 5 heteroatoms. The second-order valence-electron chi connectivity index (χ2n) is 6.07. The highest BCUT2D eigenvalue weighted by molar-refractivity contribution is 5.94. The number of hydrogen-bond donors (Lipinski definition) is 2. The third kappa shape index (κ3) is 5.06. The van der Waals surface area contributed by atoms with Crippen LogP contribution in [0.4, 0.5) is 0 Å². The van der Waals surface area contributed by atoms with Crippen molar-refractivity contribution in [3.05, 3.63) is 35.9 Å². The molecular weight excluding hydrogens is 292 g/mol. The summed E-state index contributed by atoms with van der Waals surface area (Å²) in [7, 11) is 0. The Morgan fingerprint density at radius 2 is 1.91 bits per heavy atom. The van der Waals surface area contributed by atoms with E-state index in [-0.39, 0.29) is 23.8 Å². The number of carbonyl (C=O) groups is 2. The van der Waals surface area contributed by atoms with Crippen LogP contribution in [0.25, 0.3) is 0 Å². The lowest BCUT2D eigenvalue weighted by molar-refractivity contribution is -0.126. The molecule has 2 rings (SSSR count). The second kappa shape index (κ2) is 8.67. The van der Waals surface area contributed by atoms with Crippen LogP contribution in [0.2, 0.25) is 0 Å². The number of hydrogen-bond acceptors (Lipinski definition) is 3. The molecule has 1 aromatic carbocycles. The molecule has 0 aliphatic carbocycles. The number of nitrogens with zero attached hydrogens (tertiary/aromatic N) is 1. The van der Waals surface area contributed by atoms with Gasteiger partial charge in [0, 0.05) is 31.1 Å². The minimum absolute atomic E-state index is 0.0337. The van der Waals surface area contributed by atoms with Crippen LogP contribution in [0, 0.1) is 5.92 Å². The topological polar surface area (TPSA) is 69.6 Å². The standard InChI is InChI=1S/C18H26N2O3/c1-2-16(21)8-11-19-17(22)14-9-12-20(13-10-14)18(23)15-6-4-3-5-7-15/h3-7,14,16,21H,2,8-13H2,1H3,(H,19,22). The van der Waals surface area contributed by atoms with Gasteiger partial charge in [-0.3, -0.25) is 9.59 Å². The Labute approximate surface area is 137 Å². The smallest absolute Gasteiger partial charge is 0.253 e. The monoisotopic (exact) mass is 318 g/mol. The van der Waals surface area contributed by atoms with E-state index in [9.17, 15) is 14.7 Å². The number of benzene rings is 1. The van der Waals surface area contributed by atoms with Gasteiger partial charge >= 0.3 is 0 Å². The van der Waals surface area contributed by atoms with Gasteiger partial charge in [0.15, 0.2) is 0 Å². The zero-order valence-corrected chi connectivity index (χ0v) is 13.7. The Bertz CT molecular complexity index is 510. The number of amides is 2. The van der Waals surface area contributed by atoms with E-state index in [0.29, 0.717) is 50.9 Å². The highest BCUT2D eigenvalue weighted by atomic mass is 16.3. The third-order valence-electron chi connectivity index (χ3n) is 4.42. The summed E-state index contributed by atoms with van der Waals surface area (Å²) in [4.78, 5) is 26.3. The van der Waals surface area contributed by atoms with Crippen molar-refractivity contribution in [1.82, 2.24) is 10.2 Å². The first-order valence-electron chi connectivity index (χ1n) is 8.42. The molecule has 23 heavy (non-hydrogen) atoms. The van der Waals surface area contributed by atoms with E-state index in [1.807, 2.05) is 42.2 Å². The molecule has 1 aromatic rings. The molecule has 1 fully saturated rings. The number of nitrogens with one attached hydrogen (secondary N) is 1. The highest BCUT2D eigenvalue weighted by Crippen LogP contribution is 2.19. The number of aliphatic hydroxyl groups is 1. The molecule has 0 saturated carbocycles. The van der Waals surface area contributed by atoms with Gasteiger partial charge in [-0.15, -0.1) is 0 Å². The molecule has 1 aliphatic heterocycles. The number of carbonyl (C=O) groups excluding carboxylic acids is 2. The Kier molecular flexibility index (Phi) is 6.59. The number of aliphatic hydroxyl groups excluding tert-OH is 1. The summed E-state index contributed by atoms with van der Waals surface area (Å²) in [6, 6.07) is 9.25. The van der Waals surface area contributed by atoms with Crippen LogP contribution in [0.5, 0.6) is 0 Å². The average molecular weight is 318 g/mol. The maximum Gasteiger partial charge on any atom is 0.253 e. The van der Waals surface area contributed by atoms with E-state index in [0.717, 1.165) is 0 Å². The van der Waals surface area contributed by atoms with Crippen LogP contribution in [-0.4, -0.2) is 47.6 Å². The van der Waals surface area contributed by atoms with Crippen molar-refractivity contribution in [2.24, 2.45) is 5.92 Å². The third-order valence-corrected chi connectivity index (χ3v) is 4.42. The predicted molar refractivity (Wildman–Crippen MR) is 89.0 cm³/mol. The van der Waals surface area contributed by atoms with Crippen molar-refractivity contribution in [2.45, 2.75) is 38.7 Å². The fourth-order valence-corrected chi connectivity index (χ4v) is 2.82. The summed E-state index contributed by atoms with van der Waals surface area (Å²) >= 11 is 0. The van der Waals surface area contributed by atoms with E-state index in [1.54, 1.807) is 0 Å². The van der Waals surface area contributed by atoms with Crippen molar-refractivity contribution in [3.63, 3.8) is 0 Å². The van der Waals surface area contributed by atoms with E-state index >= 15 is 0 Å². The molecule has 1 unspecified atom stereocenters. The van der Waals surface area contributed by atoms with Gasteiger partial charge in [0.2, 0.25) is 5.91 Å². The Hall–Kier alpha value is -1.88. The molecule has 0 aromatic heterocycles. The van der Waals surface area contributed by atoms with Gasteiger partial charge in [0.05, 0.1) is 6.10 Å². The normalized spacial score (nSPS) is 16.9. The van der Waals surface area contributed by atoms with Crippen LogP contribution < -0.4 is 5.32 Å². The number of rotatable bonds is 6. The van der Waals surface area contributed by atoms with Crippen LogP contribution in [0.15, 0.2) is 30.3 Å². The van der Waals surface area contributed by atoms with E-state index in [4.69, 9.17) is 0 Å². The van der Waals surface area contributed by atoms with Crippen molar-refractivity contribution >= 4 is 11.8 Å². The molecule has 0 radical (unpaired) electrons. The lowest BCUT2D eigenvalue weighted by atomic mass is 9.95. The molecule has 2 N–H and O–H groups in total.